The molecule has 0 unspecified atom stereocenters. The Morgan fingerprint density at radius 1 is 1.08 bits per heavy atom. The molecule has 0 saturated carbocycles. The molecule has 6 heteroatoms. The Morgan fingerprint density at radius 3 is 2.58 bits per heavy atom. The van der Waals surface area contributed by atoms with Gasteiger partial charge in [0.2, 0.25) is 0 Å². The molecule has 0 aliphatic carbocycles. The molecule has 1 heterocycles. The lowest BCUT2D eigenvalue weighted by Crippen LogP contribution is -2.25. The number of methoxy groups -OCH3 is 1. The Bertz CT molecular complexity index is 923. The Morgan fingerprint density at radius 2 is 1.85 bits per heavy atom. The molecule has 0 bridgehead atoms. The summed E-state index contributed by atoms with van der Waals surface area (Å²) in [6, 6.07) is 12.5. The molecule has 0 amide bonds. The summed E-state index contributed by atoms with van der Waals surface area (Å²) in [5.41, 5.74) is 0.622. The molecular weight excluding hydrogens is 334 g/mol. The molecule has 0 atom stereocenters. The number of rotatable bonds is 5. The Hall–Kier alpha value is -3.02. The normalized spacial score (nSPS) is 11.4. The highest BCUT2D eigenvalue weighted by molar-refractivity contribution is 5.83. The molecule has 1 aromatic heterocycles. The highest BCUT2D eigenvalue weighted by atomic mass is 16.5. The molecular formula is C20H21NO5. The number of fused-ring (bicyclic) bond motifs is 1. The Kier molecular flexibility index (Phi) is 4.84. The molecule has 0 N–H and O–H groups in total. The molecule has 2 aromatic carbocycles. The summed E-state index contributed by atoms with van der Waals surface area (Å²) >= 11 is 0. The maximum absolute atomic E-state index is 12.0. The van der Waals surface area contributed by atoms with Crippen molar-refractivity contribution < 1.29 is 23.5 Å². The van der Waals surface area contributed by atoms with Gasteiger partial charge in [0.15, 0.2) is 5.58 Å². The highest BCUT2D eigenvalue weighted by Crippen LogP contribution is 2.27. The fraction of sp³-hybridized carbons (Fsp3) is 0.300. The minimum atomic E-state index is -0.577. The molecule has 0 saturated heterocycles. The topological polar surface area (TPSA) is 70.8 Å². The minimum absolute atomic E-state index is 0.251. The first-order valence-corrected chi connectivity index (χ1v) is 8.24. The maximum Gasteiger partial charge on any atom is 0.316 e. The van der Waals surface area contributed by atoms with Crippen LogP contribution in [-0.4, -0.2) is 18.2 Å². The van der Waals surface area contributed by atoms with Gasteiger partial charge in [0.1, 0.15) is 29.5 Å². The third kappa shape index (κ3) is 3.96. The van der Waals surface area contributed by atoms with Gasteiger partial charge in [0.05, 0.1) is 12.5 Å². The quantitative estimate of drug-likeness (QED) is 0.500. The fourth-order valence-corrected chi connectivity index (χ4v) is 2.24. The lowest BCUT2D eigenvalue weighted by Gasteiger charge is -2.16. The summed E-state index contributed by atoms with van der Waals surface area (Å²) < 4.78 is 21.7. The van der Waals surface area contributed by atoms with E-state index in [4.69, 9.17) is 18.7 Å². The average molecular weight is 355 g/mol. The molecule has 0 radical (unpaired) electrons. The SMILES string of the molecule is COc1cccc(OCc2noc3cc(OC(=O)C(C)(C)C)ccc23)c1. The first-order chi connectivity index (χ1) is 12.4. The van der Waals surface area contributed by atoms with Crippen LogP contribution in [0.5, 0.6) is 17.2 Å². The van der Waals surface area contributed by atoms with E-state index in [2.05, 4.69) is 5.16 Å². The summed E-state index contributed by atoms with van der Waals surface area (Å²) in [5, 5.41) is 4.86. The van der Waals surface area contributed by atoms with Crippen molar-refractivity contribution in [1.29, 1.82) is 0 Å². The smallest absolute Gasteiger partial charge is 0.316 e. The molecule has 0 aliphatic heterocycles. The van der Waals surface area contributed by atoms with Crippen LogP contribution in [0.15, 0.2) is 47.0 Å². The van der Waals surface area contributed by atoms with Gasteiger partial charge in [0.25, 0.3) is 0 Å². The molecule has 0 fully saturated rings. The first kappa shape index (κ1) is 17.8. The number of carbonyl (C=O) groups is 1. The predicted octanol–water partition coefficient (Wildman–Crippen LogP) is 4.37. The zero-order valence-electron chi connectivity index (χ0n) is 15.2. The lowest BCUT2D eigenvalue weighted by atomic mass is 9.97. The van der Waals surface area contributed by atoms with Gasteiger partial charge in [-0.3, -0.25) is 4.79 Å². The summed E-state index contributed by atoms with van der Waals surface area (Å²) in [5.74, 6) is 1.51. The Labute approximate surface area is 151 Å². The molecule has 6 nitrogen and oxygen atoms in total. The molecule has 3 rings (SSSR count). The number of esters is 1. The van der Waals surface area contributed by atoms with Crippen LogP contribution < -0.4 is 14.2 Å². The van der Waals surface area contributed by atoms with Crippen LogP contribution in [-0.2, 0) is 11.4 Å². The third-order valence-corrected chi connectivity index (χ3v) is 3.76. The third-order valence-electron chi connectivity index (χ3n) is 3.76. The second-order valence-electron chi connectivity index (χ2n) is 6.89. The number of benzene rings is 2. The van der Waals surface area contributed by atoms with Gasteiger partial charge in [-0.25, -0.2) is 0 Å². The second kappa shape index (κ2) is 7.07. The molecule has 3 aromatic rings. The van der Waals surface area contributed by atoms with E-state index in [1.54, 1.807) is 52.1 Å². The van der Waals surface area contributed by atoms with Gasteiger partial charge in [-0.1, -0.05) is 11.2 Å². The van der Waals surface area contributed by atoms with E-state index in [0.29, 0.717) is 22.8 Å². The average Bonchev–Trinajstić information content (AvgIpc) is 3.01. The first-order valence-electron chi connectivity index (χ1n) is 8.24. The van der Waals surface area contributed by atoms with Crippen LogP contribution in [0.25, 0.3) is 11.0 Å². The summed E-state index contributed by atoms with van der Waals surface area (Å²) in [6.07, 6.45) is 0. The van der Waals surface area contributed by atoms with Crippen LogP contribution in [0.2, 0.25) is 0 Å². The van der Waals surface area contributed by atoms with Gasteiger partial charge >= 0.3 is 5.97 Å². The molecule has 0 aliphatic rings. The second-order valence-corrected chi connectivity index (χ2v) is 6.89. The summed E-state index contributed by atoms with van der Waals surface area (Å²) in [6.45, 7) is 5.66. The highest BCUT2D eigenvalue weighted by Gasteiger charge is 2.24. The van der Waals surface area contributed by atoms with E-state index in [-0.39, 0.29) is 12.6 Å². The van der Waals surface area contributed by atoms with Gasteiger partial charge in [-0.05, 0) is 45.0 Å². The van der Waals surface area contributed by atoms with Crippen molar-refractivity contribution in [3.63, 3.8) is 0 Å². The molecule has 136 valence electrons. The minimum Gasteiger partial charge on any atom is -0.497 e. The van der Waals surface area contributed by atoms with E-state index in [1.165, 1.54) is 0 Å². The van der Waals surface area contributed by atoms with E-state index in [9.17, 15) is 4.79 Å². The monoisotopic (exact) mass is 355 g/mol. The van der Waals surface area contributed by atoms with Gasteiger partial charge < -0.3 is 18.7 Å². The van der Waals surface area contributed by atoms with Crippen molar-refractivity contribution in [2.75, 3.05) is 7.11 Å². The van der Waals surface area contributed by atoms with Gasteiger partial charge in [0, 0.05) is 17.5 Å². The van der Waals surface area contributed by atoms with Gasteiger partial charge in [-0.2, -0.15) is 0 Å². The van der Waals surface area contributed by atoms with Crippen molar-refractivity contribution >= 4 is 16.9 Å². The zero-order valence-corrected chi connectivity index (χ0v) is 15.2. The van der Waals surface area contributed by atoms with Crippen molar-refractivity contribution in [3.8, 4) is 17.2 Å². The van der Waals surface area contributed by atoms with E-state index in [1.807, 2.05) is 18.2 Å². The van der Waals surface area contributed by atoms with Crippen LogP contribution in [0.4, 0.5) is 0 Å². The lowest BCUT2D eigenvalue weighted by molar-refractivity contribution is -0.142. The van der Waals surface area contributed by atoms with Gasteiger partial charge in [-0.15, -0.1) is 0 Å². The summed E-state index contributed by atoms with van der Waals surface area (Å²) in [7, 11) is 1.61. The van der Waals surface area contributed by atoms with Crippen LogP contribution in [0, 0.1) is 5.41 Å². The van der Waals surface area contributed by atoms with E-state index >= 15 is 0 Å². The van der Waals surface area contributed by atoms with Crippen molar-refractivity contribution in [2.45, 2.75) is 27.4 Å². The zero-order chi connectivity index (χ0) is 18.7. The Balaban J connectivity index is 1.73. The largest absolute Gasteiger partial charge is 0.497 e. The standard InChI is InChI=1S/C20H21NO5/c1-20(2,3)19(22)25-15-8-9-16-17(21-26-18(16)11-15)12-24-14-7-5-6-13(10-14)23-4/h5-11H,12H2,1-4H3. The number of hydrogen-bond acceptors (Lipinski definition) is 6. The van der Waals surface area contributed by atoms with Crippen molar-refractivity contribution in [1.82, 2.24) is 5.16 Å². The van der Waals surface area contributed by atoms with Crippen LogP contribution >= 0.6 is 0 Å². The fourth-order valence-electron chi connectivity index (χ4n) is 2.24. The molecule has 0 spiro atoms. The number of hydrogen-bond donors (Lipinski definition) is 0. The van der Waals surface area contributed by atoms with E-state index < -0.39 is 5.41 Å². The number of carbonyl (C=O) groups excluding carboxylic acids is 1. The molecule has 26 heavy (non-hydrogen) atoms. The van der Waals surface area contributed by atoms with Crippen LogP contribution in [0.1, 0.15) is 26.5 Å². The number of aromatic nitrogens is 1. The van der Waals surface area contributed by atoms with Crippen molar-refractivity contribution in [2.24, 2.45) is 5.41 Å². The van der Waals surface area contributed by atoms with Crippen LogP contribution in [0.3, 0.4) is 0 Å². The summed E-state index contributed by atoms with van der Waals surface area (Å²) in [4.78, 5) is 12.0. The number of nitrogens with zero attached hydrogens (tertiary/aromatic N) is 1. The predicted molar refractivity (Wildman–Crippen MR) is 96.4 cm³/mol. The maximum atomic E-state index is 12.0. The number of ether oxygens (including phenoxy) is 3. The van der Waals surface area contributed by atoms with Crippen molar-refractivity contribution in [3.05, 3.63) is 48.2 Å². The van der Waals surface area contributed by atoms with E-state index in [0.717, 1.165) is 11.1 Å².